The van der Waals surface area contributed by atoms with Crippen LogP contribution in [0.15, 0.2) is 156 Å². The summed E-state index contributed by atoms with van der Waals surface area (Å²) in [6.45, 7) is 4.70. The number of furan rings is 1. The van der Waals surface area contributed by atoms with Crippen molar-refractivity contribution in [3.05, 3.63) is 174 Å². The number of hydrogen-bond acceptors (Lipinski definition) is 4. The maximum absolute atomic E-state index is 6.83. The van der Waals surface area contributed by atoms with Crippen LogP contribution >= 0.6 is 0 Å². The van der Waals surface area contributed by atoms with Crippen molar-refractivity contribution in [3.63, 3.8) is 0 Å². The molecule has 7 aromatic carbocycles. The van der Waals surface area contributed by atoms with E-state index in [9.17, 15) is 0 Å². The summed E-state index contributed by atoms with van der Waals surface area (Å²) in [5, 5.41) is 4.90. The molecule has 0 fully saturated rings. The molecule has 57 heavy (non-hydrogen) atoms. The number of fused-ring (bicyclic) bond motifs is 9. The van der Waals surface area contributed by atoms with Crippen molar-refractivity contribution < 1.29 is 4.42 Å². The SMILES string of the molecule is CC1C=Cc2c3c(c4cc(-c5cccc6c5oc5cccc(-c7cccc(-c8nc(-c9ccccc9)nc(-c9ccccc9)n8)c7)c56)ccc4c2C1)C=CCC3C. The zero-order valence-corrected chi connectivity index (χ0v) is 31.9. The molecule has 2 atom stereocenters. The second-order valence-corrected chi connectivity index (χ2v) is 15.6. The van der Waals surface area contributed by atoms with E-state index in [1.807, 2.05) is 60.7 Å². The largest absolute Gasteiger partial charge is 0.455 e. The number of allylic oxidation sites excluding steroid dienone is 2. The summed E-state index contributed by atoms with van der Waals surface area (Å²) in [7, 11) is 0. The lowest BCUT2D eigenvalue weighted by Gasteiger charge is -2.28. The molecule has 4 nitrogen and oxygen atoms in total. The van der Waals surface area contributed by atoms with Crippen molar-refractivity contribution >= 4 is 44.9 Å². The number of para-hydroxylation sites is 1. The van der Waals surface area contributed by atoms with Crippen LogP contribution in [-0.2, 0) is 6.42 Å². The third kappa shape index (κ3) is 5.63. The van der Waals surface area contributed by atoms with Gasteiger partial charge in [0.2, 0.25) is 0 Å². The highest BCUT2D eigenvalue weighted by Crippen LogP contribution is 2.46. The van der Waals surface area contributed by atoms with Gasteiger partial charge in [0.15, 0.2) is 17.5 Å². The van der Waals surface area contributed by atoms with Gasteiger partial charge in [-0.1, -0.05) is 159 Å². The molecule has 0 saturated carbocycles. The lowest BCUT2D eigenvalue weighted by Crippen LogP contribution is -2.12. The quantitative estimate of drug-likeness (QED) is 0.177. The molecule has 0 spiro atoms. The predicted molar refractivity (Wildman–Crippen MR) is 236 cm³/mol. The minimum atomic E-state index is 0.488. The van der Waals surface area contributed by atoms with E-state index in [4.69, 9.17) is 19.4 Å². The molecule has 4 heteroatoms. The van der Waals surface area contributed by atoms with Gasteiger partial charge in [-0.3, -0.25) is 0 Å². The highest BCUT2D eigenvalue weighted by Gasteiger charge is 2.26. The summed E-state index contributed by atoms with van der Waals surface area (Å²) in [5.41, 5.74) is 14.8. The van der Waals surface area contributed by atoms with Gasteiger partial charge >= 0.3 is 0 Å². The Kier molecular flexibility index (Phi) is 7.85. The first-order valence-electron chi connectivity index (χ1n) is 20.0. The summed E-state index contributed by atoms with van der Waals surface area (Å²) >= 11 is 0. The maximum Gasteiger partial charge on any atom is 0.164 e. The van der Waals surface area contributed by atoms with Crippen molar-refractivity contribution in [2.75, 3.05) is 0 Å². The molecule has 0 amide bonds. The Hall–Kier alpha value is -6.91. The fraction of sp³-hybridized carbons (Fsp3) is 0.113. The van der Waals surface area contributed by atoms with Crippen molar-refractivity contribution in [2.24, 2.45) is 5.92 Å². The summed E-state index contributed by atoms with van der Waals surface area (Å²) < 4.78 is 6.83. The van der Waals surface area contributed by atoms with E-state index >= 15 is 0 Å². The summed E-state index contributed by atoms with van der Waals surface area (Å²) in [6.07, 6.45) is 11.6. The number of benzene rings is 7. The highest BCUT2D eigenvalue weighted by atomic mass is 16.3. The summed E-state index contributed by atoms with van der Waals surface area (Å²) in [4.78, 5) is 14.9. The minimum absolute atomic E-state index is 0.488. The van der Waals surface area contributed by atoms with Gasteiger partial charge in [-0.05, 0) is 92.6 Å². The Balaban J connectivity index is 1.05. The topological polar surface area (TPSA) is 51.8 Å². The molecule has 0 radical (unpaired) electrons. The van der Waals surface area contributed by atoms with Crippen LogP contribution < -0.4 is 0 Å². The van der Waals surface area contributed by atoms with E-state index in [2.05, 4.69) is 117 Å². The van der Waals surface area contributed by atoms with Crippen LogP contribution in [0.5, 0.6) is 0 Å². The van der Waals surface area contributed by atoms with Gasteiger partial charge in [-0.25, -0.2) is 15.0 Å². The number of aromatic nitrogens is 3. The summed E-state index contributed by atoms with van der Waals surface area (Å²) in [6, 6.07) is 48.7. The average Bonchev–Trinajstić information content (AvgIpc) is 3.66. The van der Waals surface area contributed by atoms with E-state index < -0.39 is 0 Å². The fourth-order valence-electron chi connectivity index (χ4n) is 9.15. The Morgan fingerprint density at radius 1 is 0.526 bits per heavy atom. The van der Waals surface area contributed by atoms with Crippen molar-refractivity contribution in [1.29, 1.82) is 0 Å². The fourth-order valence-corrected chi connectivity index (χ4v) is 9.15. The van der Waals surface area contributed by atoms with E-state index in [1.165, 1.54) is 38.6 Å². The van der Waals surface area contributed by atoms with Crippen LogP contribution in [0.1, 0.15) is 48.4 Å². The molecule has 9 aromatic rings. The molecule has 0 bridgehead atoms. The Morgan fingerprint density at radius 2 is 1.18 bits per heavy atom. The van der Waals surface area contributed by atoms with Gasteiger partial charge in [-0.15, -0.1) is 0 Å². The van der Waals surface area contributed by atoms with Gasteiger partial charge in [-0.2, -0.15) is 0 Å². The first kappa shape index (κ1) is 33.4. The molecular formula is C53H39N3O. The van der Waals surface area contributed by atoms with Gasteiger partial charge in [0, 0.05) is 33.0 Å². The molecule has 11 rings (SSSR count). The van der Waals surface area contributed by atoms with Crippen molar-refractivity contribution in [2.45, 2.75) is 32.6 Å². The molecule has 2 aliphatic carbocycles. The Bertz CT molecular complexity index is 3040. The minimum Gasteiger partial charge on any atom is -0.455 e. The van der Waals surface area contributed by atoms with Crippen LogP contribution in [0, 0.1) is 5.92 Å². The molecule has 2 aliphatic rings. The van der Waals surface area contributed by atoms with Crippen LogP contribution in [0.3, 0.4) is 0 Å². The molecule has 2 aromatic heterocycles. The van der Waals surface area contributed by atoms with Crippen molar-refractivity contribution in [3.8, 4) is 56.4 Å². The van der Waals surface area contributed by atoms with E-state index in [-0.39, 0.29) is 0 Å². The predicted octanol–water partition coefficient (Wildman–Crippen LogP) is 14.0. The third-order valence-corrected chi connectivity index (χ3v) is 11.9. The second kappa shape index (κ2) is 13.4. The van der Waals surface area contributed by atoms with E-state index in [0.29, 0.717) is 29.3 Å². The zero-order chi connectivity index (χ0) is 38.0. The zero-order valence-electron chi connectivity index (χ0n) is 31.9. The van der Waals surface area contributed by atoms with Crippen molar-refractivity contribution in [1.82, 2.24) is 15.0 Å². The Morgan fingerprint density at radius 3 is 1.95 bits per heavy atom. The monoisotopic (exact) mass is 733 g/mol. The standard InChI is InChI=1S/C53H39N3O/c1-32-25-27-43-45(29-32)41-28-26-37(31-46(41)42-22-9-13-33(2)48(42)43)40-21-11-23-44-49-39(20-12-24-47(49)57-50(40)44)36-18-10-19-38(30-36)53-55-51(34-14-5-3-6-15-34)54-52(56-53)35-16-7-4-8-17-35/h3-12,14-28,30-33H,13,29H2,1-2H3. The molecular weight excluding hydrogens is 695 g/mol. The van der Waals surface area contributed by atoms with E-state index in [0.717, 1.165) is 68.2 Å². The number of rotatable bonds is 5. The third-order valence-electron chi connectivity index (χ3n) is 11.9. The van der Waals surface area contributed by atoms with Crippen LogP contribution in [0.2, 0.25) is 0 Å². The Labute approximate surface area is 331 Å². The second-order valence-electron chi connectivity index (χ2n) is 15.6. The van der Waals surface area contributed by atoms with E-state index in [1.54, 1.807) is 0 Å². The summed E-state index contributed by atoms with van der Waals surface area (Å²) in [5.74, 6) is 2.94. The van der Waals surface area contributed by atoms with Gasteiger partial charge in [0.25, 0.3) is 0 Å². The molecule has 272 valence electrons. The van der Waals surface area contributed by atoms with Crippen LogP contribution in [0.4, 0.5) is 0 Å². The van der Waals surface area contributed by atoms with Crippen LogP contribution in [-0.4, -0.2) is 15.0 Å². The molecule has 0 aliphatic heterocycles. The first-order chi connectivity index (χ1) is 28.1. The number of nitrogens with zero attached hydrogens (tertiary/aromatic N) is 3. The van der Waals surface area contributed by atoms with Gasteiger partial charge in [0.1, 0.15) is 11.2 Å². The average molecular weight is 734 g/mol. The van der Waals surface area contributed by atoms with Gasteiger partial charge < -0.3 is 4.42 Å². The number of hydrogen-bond donors (Lipinski definition) is 0. The lowest BCUT2D eigenvalue weighted by atomic mass is 9.75. The first-order valence-corrected chi connectivity index (χ1v) is 20.0. The smallest absolute Gasteiger partial charge is 0.164 e. The lowest BCUT2D eigenvalue weighted by molar-refractivity contribution is 0.670. The molecule has 2 heterocycles. The normalized spacial score (nSPS) is 16.0. The van der Waals surface area contributed by atoms with Crippen LogP contribution in [0.25, 0.3) is 101 Å². The molecule has 0 saturated heterocycles. The maximum atomic E-state index is 6.83. The molecule has 2 unspecified atom stereocenters. The molecule has 0 N–H and O–H groups in total. The van der Waals surface area contributed by atoms with Gasteiger partial charge in [0.05, 0.1) is 0 Å². The highest BCUT2D eigenvalue weighted by molar-refractivity contribution is 6.16.